The molecule has 114 valence electrons. The fraction of sp³-hybridized carbons (Fsp3) is 0.429. The normalized spacial score (nSPS) is 18.9. The Bertz CT molecular complexity index is 628. The molecular formula is C14H18N2O4S. The van der Waals surface area contributed by atoms with Gasteiger partial charge in [0.25, 0.3) is 5.91 Å². The Morgan fingerprint density at radius 2 is 1.86 bits per heavy atom. The molecule has 2 rings (SSSR count). The quantitative estimate of drug-likeness (QED) is 0.792. The van der Waals surface area contributed by atoms with E-state index < -0.39 is 21.9 Å². The Balaban J connectivity index is 1.85. The summed E-state index contributed by atoms with van der Waals surface area (Å²) in [5.41, 5.74) is 0.737. The van der Waals surface area contributed by atoms with Crippen LogP contribution in [0.5, 0.6) is 0 Å². The van der Waals surface area contributed by atoms with Crippen LogP contribution in [0.4, 0.5) is 4.79 Å². The number of carbonyl (C=O) groups excluding carboxylic acids is 2. The van der Waals surface area contributed by atoms with Gasteiger partial charge in [0.15, 0.2) is 9.84 Å². The Hall–Kier alpha value is -1.89. The van der Waals surface area contributed by atoms with Crippen LogP contribution in [0.25, 0.3) is 0 Å². The third-order valence-corrected chi connectivity index (χ3v) is 4.97. The lowest BCUT2D eigenvalue weighted by molar-refractivity contribution is -0.127. The second kappa shape index (κ2) is 6.26. The number of benzene rings is 1. The number of hydrogen-bond donors (Lipinski definition) is 1. The second-order valence-electron chi connectivity index (χ2n) is 5.09. The molecule has 0 aromatic heterocycles. The molecule has 6 nitrogen and oxygen atoms in total. The maximum atomic E-state index is 12.0. The maximum absolute atomic E-state index is 12.0. The average molecular weight is 310 g/mol. The van der Waals surface area contributed by atoms with E-state index in [0.717, 1.165) is 10.5 Å². The summed E-state index contributed by atoms with van der Waals surface area (Å²) in [6, 6.07) is 7.95. The summed E-state index contributed by atoms with van der Waals surface area (Å²) in [4.78, 5) is 24.2. The number of nitrogens with one attached hydrogen (secondary N) is 1. The fourth-order valence-corrected chi connectivity index (χ4v) is 3.63. The van der Waals surface area contributed by atoms with E-state index in [-0.39, 0.29) is 30.4 Å². The van der Waals surface area contributed by atoms with Crippen LogP contribution >= 0.6 is 0 Å². The molecular weight excluding hydrogens is 292 g/mol. The Labute approximate surface area is 124 Å². The highest BCUT2D eigenvalue weighted by atomic mass is 32.2. The van der Waals surface area contributed by atoms with E-state index in [1.807, 2.05) is 6.07 Å². The molecule has 0 bridgehead atoms. The van der Waals surface area contributed by atoms with Crippen molar-refractivity contribution in [3.05, 3.63) is 35.9 Å². The van der Waals surface area contributed by atoms with Gasteiger partial charge in [-0.25, -0.2) is 13.2 Å². The van der Waals surface area contributed by atoms with Crippen molar-refractivity contribution in [2.75, 3.05) is 12.3 Å². The predicted molar refractivity (Wildman–Crippen MR) is 78.3 cm³/mol. The van der Waals surface area contributed by atoms with Crippen molar-refractivity contribution in [2.45, 2.75) is 25.1 Å². The van der Waals surface area contributed by atoms with E-state index in [0.29, 0.717) is 0 Å². The Morgan fingerprint density at radius 1 is 1.19 bits per heavy atom. The molecule has 0 spiro atoms. The molecule has 21 heavy (non-hydrogen) atoms. The SMILES string of the molecule is C[C@H]1NC(=O)N(CCCS(=O)(=O)Cc2ccccc2)C1=O. The third-order valence-electron chi connectivity index (χ3n) is 3.29. The first kappa shape index (κ1) is 15.5. The van der Waals surface area contributed by atoms with Gasteiger partial charge >= 0.3 is 6.03 Å². The van der Waals surface area contributed by atoms with Crippen molar-refractivity contribution in [3.8, 4) is 0 Å². The standard InChI is InChI=1S/C14H18N2O4S/c1-11-13(17)16(14(18)15-11)8-5-9-21(19,20)10-12-6-3-2-4-7-12/h2-4,6-7,11H,5,8-10H2,1H3,(H,15,18)/t11-/m1/s1. The molecule has 3 amide bonds. The van der Waals surface area contributed by atoms with Crippen LogP contribution in [0.15, 0.2) is 30.3 Å². The third kappa shape index (κ3) is 4.04. The summed E-state index contributed by atoms with van der Waals surface area (Å²) >= 11 is 0. The lowest BCUT2D eigenvalue weighted by Crippen LogP contribution is -2.33. The van der Waals surface area contributed by atoms with Crippen molar-refractivity contribution >= 4 is 21.8 Å². The van der Waals surface area contributed by atoms with Crippen LogP contribution in [-0.2, 0) is 20.4 Å². The van der Waals surface area contributed by atoms with Gasteiger partial charge in [-0.1, -0.05) is 30.3 Å². The first-order valence-corrected chi connectivity index (χ1v) is 8.57. The molecule has 0 saturated carbocycles. The van der Waals surface area contributed by atoms with E-state index in [1.165, 1.54) is 0 Å². The van der Waals surface area contributed by atoms with Gasteiger partial charge in [-0.05, 0) is 18.9 Å². The van der Waals surface area contributed by atoms with E-state index in [9.17, 15) is 18.0 Å². The van der Waals surface area contributed by atoms with Gasteiger partial charge in [-0.15, -0.1) is 0 Å². The second-order valence-corrected chi connectivity index (χ2v) is 7.28. The van der Waals surface area contributed by atoms with Gasteiger partial charge < -0.3 is 5.32 Å². The highest BCUT2D eigenvalue weighted by Gasteiger charge is 2.34. The minimum atomic E-state index is -3.24. The molecule has 1 aromatic carbocycles. The lowest BCUT2D eigenvalue weighted by Gasteiger charge is -2.12. The molecule has 1 fully saturated rings. The van der Waals surface area contributed by atoms with Crippen molar-refractivity contribution in [2.24, 2.45) is 0 Å². The number of imide groups is 1. The minimum Gasteiger partial charge on any atom is -0.326 e. The van der Waals surface area contributed by atoms with Gasteiger partial charge in [-0.3, -0.25) is 9.69 Å². The van der Waals surface area contributed by atoms with Crippen LogP contribution in [-0.4, -0.2) is 43.6 Å². The predicted octanol–water partition coefficient (Wildman–Crippen LogP) is 0.932. The molecule has 0 unspecified atom stereocenters. The van der Waals surface area contributed by atoms with Crippen LogP contribution in [0.3, 0.4) is 0 Å². The molecule has 1 atom stereocenters. The topological polar surface area (TPSA) is 83.6 Å². The summed E-state index contributed by atoms with van der Waals surface area (Å²) in [6.45, 7) is 1.73. The highest BCUT2D eigenvalue weighted by molar-refractivity contribution is 7.90. The average Bonchev–Trinajstić information content (AvgIpc) is 2.65. The lowest BCUT2D eigenvalue weighted by atomic mass is 10.2. The first-order chi connectivity index (χ1) is 9.89. The Kier molecular flexibility index (Phi) is 4.62. The number of sulfone groups is 1. The summed E-state index contributed by atoms with van der Waals surface area (Å²) in [6.07, 6.45) is 0.251. The maximum Gasteiger partial charge on any atom is 0.324 e. The van der Waals surface area contributed by atoms with Gasteiger partial charge in [-0.2, -0.15) is 0 Å². The van der Waals surface area contributed by atoms with E-state index >= 15 is 0 Å². The van der Waals surface area contributed by atoms with E-state index in [2.05, 4.69) is 5.32 Å². The number of carbonyl (C=O) groups is 2. The number of rotatable bonds is 6. The number of nitrogens with zero attached hydrogens (tertiary/aromatic N) is 1. The highest BCUT2D eigenvalue weighted by Crippen LogP contribution is 2.10. The zero-order valence-electron chi connectivity index (χ0n) is 11.8. The van der Waals surface area contributed by atoms with Crippen LogP contribution in [0.1, 0.15) is 18.9 Å². The largest absolute Gasteiger partial charge is 0.326 e. The molecule has 1 aromatic rings. The van der Waals surface area contributed by atoms with Gasteiger partial charge in [0.2, 0.25) is 0 Å². The fourth-order valence-electron chi connectivity index (χ4n) is 2.21. The van der Waals surface area contributed by atoms with Crippen molar-refractivity contribution in [1.29, 1.82) is 0 Å². The zero-order valence-corrected chi connectivity index (χ0v) is 12.6. The molecule has 1 aliphatic heterocycles. The monoisotopic (exact) mass is 310 g/mol. The molecule has 1 saturated heterocycles. The van der Waals surface area contributed by atoms with Crippen molar-refractivity contribution in [3.63, 3.8) is 0 Å². The molecule has 7 heteroatoms. The van der Waals surface area contributed by atoms with Crippen LogP contribution < -0.4 is 5.32 Å². The summed E-state index contributed by atoms with van der Waals surface area (Å²) in [7, 11) is -3.24. The molecule has 0 radical (unpaired) electrons. The zero-order chi connectivity index (χ0) is 15.5. The first-order valence-electron chi connectivity index (χ1n) is 6.75. The molecule has 1 N–H and O–H groups in total. The molecule has 1 aliphatic rings. The number of hydrogen-bond acceptors (Lipinski definition) is 4. The molecule has 1 heterocycles. The summed E-state index contributed by atoms with van der Waals surface area (Å²) in [5, 5.41) is 2.49. The smallest absolute Gasteiger partial charge is 0.324 e. The summed E-state index contributed by atoms with van der Waals surface area (Å²) < 4.78 is 24.0. The summed E-state index contributed by atoms with van der Waals surface area (Å²) in [5.74, 6) is -0.377. The van der Waals surface area contributed by atoms with Crippen LogP contribution in [0.2, 0.25) is 0 Å². The van der Waals surface area contributed by atoms with Gasteiger partial charge in [0.05, 0.1) is 11.5 Å². The number of amides is 3. The van der Waals surface area contributed by atoms with Gasteiger partial charge in [0, 0.05) is 6.54 Å². The van der Waals surface area contributed by atoms with E-state index in [1.54, 1.807) is 31.2 Å². The Morgan fingerprint density at radius 3 is 2.43 bits per heavy atom. The van der Waals surface area contributed by atoms with Gasteiger partial charge in [0.1, 0.15) is 6.04 Å². The van der Waals surface area contributed by atoms with Crippen molar-refractivity contribution in [1.82, 2.24) is 10.2 Å². The van der Waals surface area contributed by atoms with Crippen molar-refractivity contribution < 1.29 is 18.0 Å². The molecule has 0 aliphatic carbocycles. The van der Waals surface area contributed by atoms with E-state index in [4.69, 9.17) is 0 Å². The van der Waals surface area contributed by atoms with Crippen LogP contribution in [0, 0.1) is 0 Å². The minimum absolute atomic E-state index is 0.0234. The number of urea groups is 1.